The van der Waals surface area contributed by atoms with Crippen LogP contribution in [-0.2, 0) is 27.0 Å². The molecule has 1 amide bonds. The number of rotatable bonds is 5. The van der Waals surface area contributed by atoms with Gasteiger partial charge in [-0.25, -0.2) is 0 Å². The molecule has 1 aromatic rings. The number of hydrogen-bond donors (Lipinski definition) is 1. The summed E-state index contributed by atoms with van der Waals surface area (Å²) in [6, 6.07) is 1.43. The summed E-state index contributed by atoms with van der Waals surface area (Å²) in [5, 5.41) is 2.71. The molecule has 132 valence electrons. The molecule has 1 fully saturated rings. The highest BCUT2D eigenvalue weighted by molar-refractivity contribution is 5.80. The first-order chi connectivity index (χ1) is 11.3. The normalized spacial score (nSPS) is 15.3. The lowest BCUT2D eigenvalue weighted by molar-refractivity contribution is -0.149. The summed E-state index contributed by atoms with van der Waals surface area (Å²) in [7, 11) is 0. The van der Waals surface area contributed by atoms with Crippen molar-refractivity contribution >= 4 is 11.9 Å². The number of alkyl halides is 3. The van der Waals surface area contributed by atoms with Gasteiger partial charge in [0.2, 0.25) is 0 Å². The van der Waals surface area contributed by atoms with Crippen LogP contribution in [0.5, 0.6) is 0 Å². The van der Waals surface area contributed by atoms with Crippen LogP contribution in [0, 0.1) is 0 Å². The van der Waals surface area contributed by atoms with E-state index < -0.39 is 42.3 Å². The standard InChI is InChI=1S/C15H17F3N2O4/c16-15(17,18)10-5-6-13(22)20(7-10)8-14(23)24-9-12(21)19-11-3-1-2-4-11/h5-7,11H,1-4,8-9H2,(H,19,21). The molecule has 1 heterocycles. The first-order valence-electron chi connectivity index (χ1n) is 7.48. The number of amides is 1. The molecule has 24 heavy (non-hydrogen) atoms. The molecule has 6 nitrogen and oxygen atoms in total. The van der Waals surface area contributed by atoms with Crippen LogP contribution in [0.25, 0.3) is 0 Å². The molecule has 2 rings (SSSR count). The van der Waals surface area contributed by atoms with Crippen LogP contribution < -0.4 is 10.9 Å². The number of carbonyl (C=O) groups is 2. The number of carbonyl (C=O) groups excluding carboxylic acids is 2. The minimum atomic E-state index is -4.62. The van der Waals surface area contributed by atoms with Crippen LogP contribution in [-0.4, -0.2) is 29.1 Å². The molecule has 0 bridgehead atoms. The van der Waals surface area contributed by atoms with E-state index in [-0.39, 0.29) is 6.04 Å². The third kappa shape index (κ3) is 5.10. The summed E-state index contributed by atoms with van der Waals surface area (Å²) in [4.78, 5) is 34.7. The van der Waals surface area contributed by atoms with Crippen molar-refractivity contribution in [3.63, 3.8) is 0 Å². The maximum absolute atomic E-state index is 12.6. The van der Waals surface area contributed by atoms with E-state index in [2.05, 4.69) is 5.32 Å². The summed E-state index contributed by atoms with van der Waals surface area (Å²) in [6.45, 7) is -1.22. The van der Waals surface area contributed by atoms with Crippen LogP contribution in [0.4, 0.5) is 13.2 Å². The Balaban J connectivity index is 1.87. The molecule has 0 aliphatic heterocycles. The van der Waals surface area contributed by atoms with Crippen molar-refractivity contribution in [1.82, 2.24) is 9.88 Å². The highest BCUT2D eigenvalue weighted by atomic mass is 19.4. The predicted molar refractivity (Wildman–Crippen MR) is 77.1 cm³/mol. The first kappa shape index (κ1) is 18.0. The molecule has 0 unspecified atom stereocenters. The largest absolute Gasteiger partial charge is 0.454 e. The molecule has 0 saturated heterocycles. The monoisotopic (exact) mass is 346 g/mol. The smallest absolute Gasteiger partial charge is 0.417 e. The van der Waals surface area contributed by atoms with Gasteiger partial charge in [0.1, 0.15) is 6.54 Å². The number of aromatic nitrogens is 1. The van der Waals surface area contributed by atoms with E-state index in [0.29, 0.717) is 16.8 Å². The number of nitrogens with zero attached hydrogens (tertiary/aromatic N) is 1. The van der Waals surface area contributed by atoms with Gasteiger partial charge in [-0.05, 0) is 18.9 Å². The number of halogens is 3. The zero-order valence-electron chi connectivity index (χ0n) is 12.8. The second-order valence-electron chi connectivity index (χ2n) is 5.59. The van der Waals surface area contributed by atoms with Gasteiger partial charge in [0, 0.05) is 18.3 Å². The van der Waals surface area contributed by atoms with Crippen LogP contribution >= 0.6 is 0 Å². The lowest BCUT2D eigenvalue weighted by atomic mass is 10.2. The topological polar surface area (TPSA) is 77.4 Å². The third-order valence-corrected chi connectivity index (χ3v) is 3.69. The van der Waals surface area contributed by atoms with Gasteiger partial charge in [-0.15, -0.1) is 0 Å². The van der Waals surface area contributed by atoms with E-state index in [9.17, 15) is 27.6 Å². The lowest BCUT2D eigenvalue weighted by Crippen LogP contribution is -2.36. The molecule has 1 N–H and O–H groups in total. The number of nitrogens with one attached hydrogen (secondary N) is 1. The summed E-state index contributed by atoms with van der Waals surface area (Å²) in [5.41, 5.74) is -1.82. The van der Waals surface area contributed by atoms with Crippen LogP contribution in [0.15, 0.2) is 23.1 Å². The van der Waals surface area contributed by atoms with Gasteiger partial charge in [-0.2, -0.15) is 13.2 Å². The van der Waals surface area contributed by atoms with E-state index in [0.717, 1.165) is 31.7 Å². The molecule has 1 aromatic heterocycles. The van der Waals surface area contributed by atoms with E-state index >= 15 is 0 Å². The Hall–Kier alpha value is -2.32. The zero-order valence-corrected chi connectivity index (χ0v) is 12.8. The molecular formula is C15H17F3N2O4. The Morgan fingerprint density at radius 2 is 1.92 bits per heavy atom. The van der Waals surface area contributed by atoms with Crippen molar-refractivity contribution < 1.29 is 27.5 Å². The van der Waals surface area contributed by atoms with Crippen molar-refractivity contribution in [2.45, 2.75) is 44.4 Å². The second-order valence-corrected chi connectivity index (χ2v) is 5.59. The average molecular weight is 346 g/mol. The van der Waals surface area contributed by atoms with Gasteiger partial charge in [0.25, 0.3) is 11.5 Å². The Bertz CT molecular complexity index is 663. The van der Waals surface area contributed by atoms with E-state index in [4.69, 9.17) is 4.74 Å². The fourth-order valence-electron chi connectivity index (χ4n) is 2.49. The fourth-order valence-corrected chi connectivity index (χ4v) is 2.49. The van der Waals surface area contributed by atoms with E-state index in [1.807, 2.05) is 0 Å². The van der Waals surface area contributed by atoms with Gasteiger partial charge < -0.3 is 14.6 Å². The van der Waals surface area contributed by atoms with Crippen LogP contribution in [0.1, 0.15) is 31.2 Å². The molecule has 1 saturated carbocycles. The van der Waals surface area contributed by atoms with Crippen LogP contribution in [0.2, 0.25) is 0 Å². The molecule has 0 radical (unpaired) electrons. The molecule has 0 spiro atoms. The number of esters is 1. The molecule has 1 aliphatic rings. The summed E-state index contributed by atoms with van der Waals surface area (Å²) in [6.07, 6.45) is -0.270. The number of pyridine rings is 1. The highest BCUT2D eigenvalue weighted by Crippen LogP contribution is 2.27. The predicted octanol–water partition coefficient (Wildman–Crippen LogP) is 1.47. The van der Waals surface area contributed by atoms with Crippen LogP contribution in [0.3, 0.4) is 0 Å². The third-order valence-electron chi connectivity index (χ3n) is 3.69. The van der Waals surface area contributed by atoms with Gasteiger partial charge >= 0.3 is 12.1 Å². The van der Waals surface area contributed by atoms with E-state index in [1.54, 1.807) is 0 Å². The highest BCUT2D eigenvalue weighted by Gasteiger charge is 2.31. The maximum atomic E-state index is 12.6. The Morgan fingerprint density at radius 3 is 2.54 bits per heavy atom. The summed E-state index contributed by atoms with van der Waals surface area (Å²) < 4.78 is 43.1. The first-order valence-corrected chi connectivity index (χ1v) is 7.48. The van der Waals surface area contributed by atoms with Gasteiger partial charge in [0.05, 0.1) is 5.56 Å². The van der Waals surface area contributed by atoms with Gasteiger partial charge in [-0.1, -0.05) is 12.8 Å². The summed E-state index contributed by atoms with van der Waals surface area (Å²) >= 11 is 0. The maximum Gasteiger partial charge on any atom is 0.417 e. The average Bonchev–Trinajstić information content (AvgIpc) is 2.99. The minimum Gasteiger partial charge on any atom is -0.454 e. The fraction of sp³-hybridized carbons (Fsp3) is 0.533. The van der Waals surface area contributed by atoms with Crippen molar-refractivity contribution in [2.75, 3.05) is 6.61 Å². The van der Waals surface area contributed by atoms with E-state index in [1.165, 1.54) is 0 Å². The quantitative estimate of drug-likeness (QED) is 0.819. The van der Waals surface area contributed by atoms with Gasteiger partial charge in [0.15, 0.2) is 6.61 Å². The zero-order chi connectivity index (χ0) is 17.7. The lowest BCUT2D eigenvalue weighted by Gasteiger charge is -2.13. The van der Waals surface area contributed by atoms with Crippen molar-refractivity contribution in [1.29, 1.82) is 0 Å². The molecule has 0 aromatic carbocycles. The molecular weight excluding hydrogens is 329 g/mol. The minimum absolute atomic E-state index is 0.0716. The SMILES string of the molecule is O=C(COC(=O)Cn1cc(C(F)(F)F)ccc1=O)NC1CCCC1. The number of ether oxygens (including phenoxy) is 1. The van der Waals surface area contributed by atoms with Gasteiger partial charge in [-0.3, -0.25) is 14.4 Å². The molecule has 0 atom stereocenters. The molecule has 1 aliphatic carbocycles. The Kier molecular flexibility index (Phi) is 5.63. The Morgan fingerprint density at radius 1 is 1.25 bits per heavy atom. The van der Waals surface area contributed by atoms with Crippen molar-refractivity contribution in [3.8, 4) is 0 Å². The Labute approximate surface area is 135 Å². The summed E-state index contributed by atoms with van der Waals surface area (Å²) in [5.74, 6) is -1.43. The molecule has 9 heteroatoms. The second kappa shape index (κ2) is 7.50. The van der Waals surface area contributed by atoms with Crippen molar-refractivity contribution in [3.05, 3.63) is 34.2 Å². The van der Waals surface area contributed by atoms with Crippen molar-refractivity contribution in [2.24, 2.45) is 0 Å². The number of hydrogen-bond acceptors (Lipinski definition) is 4.